The molecule has 0 fully saturated rings. The fraction of sp³-hybridized carbons (Fsp3) is 0.136. The minimum Gasteiger partial charge on any atom is -0.325 e. The van der Waals surface area contributed by atoms with E-state index in [2.05, 4.69) is 5.32 Å². The molecule has 28 heavy (non-hydrogen) atoms. The molecule has 0 radical (unpaired) electrons. The Labute approximate surface area is 184 Å². The van der Waals surface area contributed by atoms with Crippen LogP contribution in [0.1, 0.15) is 17.5 Å². The number of nitrogens with one attached hydrogen (secondary N) is 1. The quantitative estimate of drug-likeness (QED) is 0.377. The Balaban J connectivity index is 1.60. The van der Waals surface area contributed by atoms with Crippen molar-refractivity contribution in [2.75, 3.05) is 5.32 Å². The van der Waals surface area contributed by atoms with E-state index in [0.29, 0.717) is 22.9 Å². The SMILES string of the molecule is O=C(CCc1c(Cl)cccc1Cl)Nc1ccccc1SCc1ccc(Cl)cc1. The number of hydrogen-bond donors (Lipinski definition) is 1. The molecule has 0 aromatic heterocycles. The molecule has 0 saturated heterocycles. The van der Waals surface area contributed by atoms with E-state index in [9.17, 15) is 4.79 Å². The summed E-state index contributed by atoms with van der Waals surface area (Å²) in [6.07, 6.45) is 0.796. The lowest BCUT2D eigenvalue weighted by molar-refractivity contribution is -0.116. The second-order valence-electron chi connectivity index (χ2n) is 6.16. The molecule has 144 valence electrons. The maximum atomic E-state index is 12.5. The summed E-state index contributed by atoms with van der Waals surface area (Å²) in [4.78, 5) is 13.5. The van der Waals surface area contributed by atoms with Crippen LogP contribution in [0.4, 0.5) is 5.69 Å². The van der Waals surface area contributed by atoms with Gasteiger partial charge in [0.15, 0.2) is 0 Å². The van der Waals surface area contributed by atoms with Crippen LogP contribution in [0.5, 0.6) is 0 Å². The van der Waals surface area contributed by atoms with Crippen LogP contribution in [-0.2, 0) is 17.0 Å². The van der Waals surface area contributed by atoms with Crippen LogP contribution in [-0.4, -0.2) is 5.91 Å². The number of rotatable bonds is 7. The Morgan fingerprint density at radius 3 is 2.25 bits per heavy atom. The fourth-order valence-electron chi connectivity index (χ4n) is 2.66. The van der Waals surface area contributed by atoms with Gasteiger partial charge in [-0.05, 0) is 53.9 Å². The third kappa shape index (κ3) is 5.92. The number of carbonyl (C=O) groups excluding carboxylic acids is 1. The van der Waals surface area contributed by atoms with Gasteiger partial charge in [0.25, 0.3) is 0 Å². The van der Waals surface area contributed by atoms with E-state index in [1.807, 2.05) is 48.5 Å². The number of benzene rings is 3. The highest BCUT2D eigenvalue weighted by molar-refractivity contribution is 7.98. The molecule has 6 heteroatoms. The highest BCUT2D eigenvalue weighted by Crippen LogP contribution is 2.31. The first-order valence-corrected chi connectivity index (χ1v) is 10.8. The number of hydrogen-bond acceptors (Lipinski definition) is 2. The molecule has 0 bridgehead atoms. The fourth-order valence-corrected chi connectivity index (χ4v) is 4.34. The number of amides is 1. The van der Waals surface area contributed by atoms with E-state index in [4.69, 9.17) is 34.8 Å². The molecule has 1 amide bonds. The Morgan fingerprint density at radius 1 is 0.857 bits per heavy atom. The lowest BCUT2D eigenvalue weighted by Crippen LogP contribution is -2.13. The Kier molecular flexibility index (Phi) is 7.69. The van der Waals surface area contributed by atoms with E-state index in [-0.39, 0.29) is 5.91 Å². The van der Waals surface area contributed by atoms with Gasteiger partial charge in [0.1, 0.15) is 0 Å². The molecule has 1 N–H and O–H groups in total. The van der Waals surface area contributed by atoms with E-state index in [1.54, 1.807) is 30.0 Å². The summed E-state index contributed by atoms with van der Waals surface area (Å²) in [7, 11) is 0. The first-order valence-electron chi connectivity index (χ1n) is 8.72. The number of thioether (sulfide) groups is 1. The van der Waals surface area contributed by atoms with E-state index >= 15 is 0 Å². The predicted molar refractivity (Wildman–Crippen MR) is 121 cm³/mol. The molecule has 3 rings (SSSR count). The molecular formula is C22H18Cl3NOS. The normalized spacial score (nSPS) is 10.7. The van der Waals surface area contributed by atoms with Crippen molar-refractivity contribution < 1.29 is 4.79 Å². The van der Waals surface area contributed by atoms with Gasteiger partial charge in [-0.15, -0.1) is 11.8 Å². The third-order valence-electron chi connectivity index (χ3n) is 4.13. The zero-order valence-corrected chi connectivity index (χ0v) is 18.0. The van der Waals surface area contributed by atoms with Crippen molar-refractivity contribution in [3.63, 3.8) is 0 Å². The number of carbonyl (C=O) groups is 1. The first kappa shape index (κ1) is 21.1. The van der Waals surface area contributed by atoms with Crippen molar-refractivity contribution in [2.24, 2.45) is 0 Å². The molecule has 3 aromatic rings. The van der Waals surface area contributed by atoms with Gasteiger partial charge >= 0.3 is 0 Å². The predicted octanol–water partition coefficient (Wildman–Crippen LogP) is 7.51. The van der Waals surface area contributed by atoms with Gasteiger partial charge in [0.2, 0.25) is 5.91 Å². The summed E-state index contributed by atoms with van der Waals surface area (Å²) in [5.74, 6) is 0.717. The monoisotopic (exact) mass is 449 g/mol. The Bertz CT molecular complexity index is 940. The zero-order chi connectivity index (χ0) is 19.9. The first-order chi connectivity index (χ1) is 13.5. The van der Waals surface area contributed by atoms with E-state index in [1.165, 1.54) is 5.56 Å². The van der Waals surface area contributed by atoms with Crippen molar-refractivity contribution in [3.8, 4) is 0 Å². The average molecular weight is 451 g/mol. The summed E-state index contributed by atoms with van der Waals surface area (Å²) in [6.45, 7) is 0. The maximum Gasteiger partial charge on any atom is 0.224 e. The van der Waals surface area contributed by atoms with Gasteiger partial charge < -0.3 is 5.32 Å². The van der Waals surface area contributed by atoms with Crippen molar-refractivity contribution in [1.29, 1.82) is 0 Å². The topological polar surface area (TPSA) is 29.1 Å². The van der Waals surface area contributed by atoms with Crippen molar-refractivity contribution in [2.45, 2.75) is 23.5 Å². The van der Waals surface area contributed by atoms with Crippen LogP contribution in [0.3, 0.4) is 0 Å². The molecule has 2 nitrogen and oxygen atoms in total. The summed E-state index contributed by atoms with van der Waals surface area (Å²) in [5, 5.41) is 4.89. The molecule has 0 aliphatic heterocycles. The Morgan fingerprint density at radius 2 is 1.54 bits per heavy atom. The third-order valence-corrected chi connectivity index (χ3v) is 6.24. The van der Waals surface area contributed by atoms with E-state index < -0.39 is 0 Å². The van der Waals surface area contributed by atoms with Gasteiger partial charge in [-0.3, -0.25) is 4.79 Å². The number of halogens is 3. The molecule has 0 atom stereocenters. The lowest BCUT2D eigenvalue weighted by Gasteiger charge is -2.12. The molecule has 0 saturated carbocycles. The minimum absolute atomic E-state index is 0.0736. The van der Waals surface area contributed by atoms with Gasteiger partial charge in [-0.1, -0.05) is 65.1 Å². The van der Waals surface area contributed by atoms with Crippen LogP contribution in [0.15, 0.2) is 71.6 Å². The molecule has 0 heterocycles. The highest BCUT2D eigenvalue weighted by Gasteiger charge is 2.11. The summed E-state index contributed by atoms with van der Waals surface area (Å²) < 4.78 is 0. The number of para-hydroxylation sites is 1. The number of anilines is 1. The van der Waals surface area contributed by atoms with Crippen LogP contribution in [0, 0.1) is 0 Å². The van der Waals surface area contributed by atoms with Crippen molar-refractivity contribution >= 4 is 58.2 Å². The van der Waals surface area contributed by atoms with Gasteiger partial charge in [-0.25, -0.2) is 0 Å². The lowest BCUT2D eigenvalue weighted by atomic mass is 10.1. The largest absolute Gasteiger partial charge is 0.325 e. The van der Waals surface area contributed by atoms with Crippen LogP contribution < -0.4 is 5.32 Å². The molecule has 0 aliphatic carbocycles. The molecular weight excluding hydrogens is 433 g/mol. The van der Waals surface area contributed by atoms with Crippen molar-refractivity contribution in [1.82, 2.24) is 0 Å². The van der Waals surface area contributed by atoms with Gasteiger partial charge in [-0.2, -0.15) is 0 Å². The van der Waals surface area contributed by atoms with E-state index in [0.717, 1.165) is 26.9 Å². The van der Waals surface area contributed by atoms with Crippen molar-refractivity contribution in [3.05, 3.63) is 92.9 Å². The maximum absolute atomic E-state index is 12.5. The summed E-state index contributed by atoms with van der Waals surface area (Å²) in [6, 6.07) is 20.9. The minimum atomic E-state index is -0.0736. The molecule has 0 unspecified atom stereocenters. The highest BCUT2D eigenvalue weighted by atomic mass is 35.5. The molecule has 0 aliphatic rings. The Hall–Kier alpha value is -1.65. The summed E-state index contributed by atoms with van der Waals surface area (Å²) in [5.41, 5.74) is 2.77. The molecule has 0 spiro atoms. The van der Waals surface area contributed by atoms with Gasteiger partial charge in [0, 0.05) is 32.1 Å². The van der Waals surface area contributed by atoms with Gasteiger partial charge in [0.05, 0.1) is 5.69 Å². The summed E-state index contributed by atoms with van der Waals surface area (Å²) >= 11 is 20.0. The average Bonchev–Trinajstić information content (AvgIpc) is 2.68. The molecule has 3 aromatic carbocycles. The zero-order valence-electron chi connectivity index (χ0n) is 14.9. The second kappa shape index (κ2) is 10.2. The van der Waals surface area contributed by atoms with Crippen LogP contribution in [0.2, 0.25) is 15.1 Å². The van der Waals surface area contributed by atoms with Crippen LogP contribution in [0.25, 0.3) is 0 Å². The second-order valence-corrected chi connectivity index (χ2v) is 8.43. The standard InChI is InChI=1S/C22H18Cl3NOS/c23-16-10-8-15(9-11-16)14-28-21-7-2-1-6-20(21)26-22(27)13-12-17-18(24)4-3-5-19(17)25/h1-11H,12-14H2,(H,26,27). The van der Waals surface area contributed by atoms with Crippen LogP contribution >= 0.6 is 46.6 Å². The smallest absolute Gasteiger partial charge is 0.224 e.